The van der Waals surface area contributed by atoms with Crippen molar-refractivity contribution in [3.05, 3.63) is 149 Å². The van der Waals surface area contributed by atoms with Gasteiger partial charge in [-0.25, -0.2) is 0 Å². The normalized spacial score (nSPS) is 10.7. The van der Waals surface area contributed by atoms with Gasteiger partial charge in [-0.1, -0.05) is 127 Å². The lowest BCUT2D eigenvalue weighted by atomic mass is 9.81. The van der Waals surface area contributed by atoms with Gasteiger partial charge < -0.3 is 18.9 Å². The molecule has 8 rings (SSSR count). The van der Waals surface area contributed by atoms with Gasteiger partial charge in [0.1, 0.15) is 22.3 Å². The molecular weight excluding hydrogens is 634 g/mol. The smallest absolute Gasteiger partial charge is 0.455 e. The number of halogens is 1. The standard InChI is InChI=1S/C18H12O.C12H7IO.C6H7BO2/c1-2-7-13(8-3-1)14-10-6-11-16-15-9-4-5-12-17(15)19-18(14)16;13-10-6-3-5-9-8-4-1-2-7-11(8)14-12(9)10;8-7(9)6-4-2-1-3-5-6/h1-12H;1-7H;1-5,8-9H. The average molecular weight is 660 g/mol. The molecule has 4 nitrogen and oxygen atoms in total. The van der Waals surface area contributed by atoms with Crippen LogP contribution in [-0.4, -0.2) is 17.2 Å². The highest BCUT2D eigenvalue weighted by Crippen LogP contribution is 2.35. The van der Waals surface area contributed by atoms with Gasteiger partial charge in [0.05, 0.1) is 3.57 Å². The van der Waals surface area contributed by atoms with Gasteiger partial charge in [0.2, 0.25) is 0 Å². The molecule has 0 saturated carbocycles. The predicted octanol–water partition coefficient (Wildman–Crippen LogP) is 8.81. The zero-order chi connectivity index (χ0) is 28.9. The first-order valence-electron chi connectivity index (χ1n) is 13.5. The molecular formula is C36H26BIO4. The van der Waals surface area contributed by atoms with Crippen LogP contribution < -0.4 is 5.46 Å². The second kappa shape index (κ2) is 12.7. The molecule has 0 fully saturated rings. The third kappa shape index (κ3) is 5.83. The van der Waals surface area contributed by atoms with Crippen LogP contribution >= 0.6 is 22.6 Å². The summed E-state index contributed by atoms with van der Waals surface area (Å²) in [5.41, 5.74) is 6.73. The average Bonchev–Trinajstić information content (AvgIpc) is 3.62. The molecule has 0 radical (unpaired) electrons. The van der Waals surface area contributed by atoms with Crippen molar-refractivity contribution in [3.63, 3.8) is 0 Å². The highest BCUT2D eigenvalue weighted by Gasteiger charge is 2.11. The monoisotopic (exact) mass is 660 g/mol. The van der Waals surface area contributed by atoms with Gasteiger partial charge in [-0.15, -0.1) is 0 Å². The van der Waals surface area contributed by atoms with Crippen LogP contribution in [0.4, 0.5) is 0 Å². The molecule has 0 atom stereocenters. The van der Waals surface area contributed by atoms with Crippen LogP contribution in [0.3, 0.4) is 0 Å². The molecule has 0 aliphatic heterocycles. The van der Waals surface area contributed by atoms with E-state index in [4.69, 9.17) is 18.9 Å². The number of furan rings is 2. The van der Waals surface area contributed by atoms with Crippen LogP contribution in [-0.2, 0) is 0 Å². The van der Waals surface area contributed by atoms with E-state index >= 15 is 0 Å². The van der Waals surface area contributed by atoms with Gasteiger partial charge >= 0.3 is 7.12 Å². The number of benzene rings is 6. The molecule has 0 bridgehead atoms. The Morgan fingerprint density at radius 3 is 1.52 bits per heavy atom. The molecule has 6 aromatic carbocycles. The first-order chi connectivity index (χ1) is 20.6. The first kappa shape index (κ1) is 27.8. The Kier molecular flexibility index (Phi) is 8.37. The van der Waals surface area contributed by atoms with E-state index in [0.717, 1.165) is 31.5 Å². The Balaban J connectivity index is 0.000000121. The van der Waals surface area contributed by atoms with E-state index in [1.807, 2.05) is 48.5 Å². The summed E-state index contributed by atoms with van der Waals surface area (Å²) in [6.07, 6.45) is 0. The molecule has 0 saturated heterocycles. The van der Waals surface area contributed by atoms with E-state index in [1.54, 1.807) is 24.3 Å². The van der Waals surface area contributed by atoms with E-state index in [-0.39, 0.29) is 0 Å². The summed E-state index contributed by atoms with van der Waals surface area (Å²) in [5, 5.41) is 21.9. The minimum Gasteiger partial charge on any atom is -0.455 e. The lowest BCUT2D eigenvalue weighted by molar-refractivity contribution is 0.426. The first-order valence-corrected chi connectivity index (χ1v) is 14.6. The maximum absolute atomic E-state index is 8.58. The van der Waals surface area contributed by atoms with E-state index < -0.39 is 7.12 Å². The minimum absolute atomic E-state index is 0.525. The molecule has 42 heavy (non-hydrogen) atoms. The third-order valence-electron chi connectivity index (χ3n) is 6.94. The van der Waals surface area contributed by atoms with Gasteiger partial charge in [-0.2, -0.15) is 0 Å². The molecule has 0 spiro atoms. The second-order valence-electron chi connectivity index (χ2n) is 9.65. The van der Waals surface area contributed by atoms with E-state index in [0.29, 0.717) is 5.46 Å². The largest absolute Gasteiger partial charge is 0.488 e. The molecule has 6 heteroatoms. The van der Waals surface area contributed by atoms with Crippen LogP contribution in [0.1, 0.15) is 0 Å². The molecule has 0 aliphatic rings. The van der Waals surface area contributed by atoms with Gasteiger partial charge in [0.15, 0.2) is 0 Å². The lowest BCUT2D eigenvalue weighted by Gasteiger charge is -2.01. The minimum atomic E-state index is -1.34. The Morgan fingerprint density at radius 1 is 0.452 bits per heavy atom. The molecule has 0 unspecified atom stereocenters. The van der Waals surface area contributed by atoms with Crippen molar-refractivity contribution in [2.75, 3.05) is 0 Å². The maximum atomic E-state index is 8.58. The van der Waals surface area contributed by atoms with E-state index in [9.17, 15) is 0 Å². The van der Waals surface area contributed by atoms with Gasteiger partial charge in [-0.3, -0.25) is 0 Å². The van der Waals surface area contributed by atoms with Crippen molar-refractivity contribution in [2.24, 2.45) is 0 Å². The van der Waals surface area contributed by atoms with E-state index in [1.165, 1.54) is 27.1 Å². The molecule has 2 heterocycles. The van der Waals surface area contributed by atoms with Crippen LogP contribution in [0.2, 0.25) is 0 Å². The molecule has 0 amide bonds. The summed E-state index contributed by atoms with van der Waals surface area (Å²) in [5.74, 6) is 0. The Morgan fingerprint density at radius 2 is 0.929 bits per heavy atom. The summed E-state index contributed by atoms with van der Waals surface area (Å²) in [4.78, 5) is 0. The summed E-state index contributed by atoms with van der Waals surface area (Å²) < 4.78 is 13.0. The summed E-state index contributed by atoms with van der Waals surface area (Å²) in [6.45, 7) is 0. The quantitative estimate of drug-likeness (QED) is 0.144. The second-order valence-corrected chi connectivity index (χ2v) is 10.8. The van der Waals surface area contributed by atoms with Gasteiger partial charge in [0, 0.05) is 27.1 Å². The van der Waals surface area contributed by atoms with Crippen LogP contribution in [0.25, 0.3) is 55.0 Å². The molecule has 2 N–H and O–H groups in total. The summed E-state index contributed by atoms with van der Waals surface area (Å²) in [6, 6.07) is 47.9. The van der Waals surface area contributed by atoms with Crippen LogP contribution in [0.15, 0.2) is 154 Å². The predicted molar refractivity (Wildman–Crippen MR) is 182 cm³/mol. The van der Waals surface area contributed by atoms with Crippen molar-refractivity contribution in [1.29, 1.82) is 0 Å². The van der Waals surface area contributed by atoms with Gasteiger partial charge in [0.25, 0.3) is 0 Å². The summed E-state index contributed by atoms with van der Waals surface area (Å²) >= 11 is 2.30. The van der Waals surface area contributed by atoms with Crippen LogP contribution in [0.5, 0.6) is 0 Å². The highest BCUT2D eigenvalue weighted by molar-refractivity contribution is 14.1. The number of para-hydroxylation sites is 4. The molecule has 0 aliphatic carbocycles. The zero-order valence-corrected chi connectivity index (χ0v) is 24.7. The molecule has 8 aromatic rings. The topological polar surface area (TPSA) is 66.7 Å². The van der Waals surface area contributed by atoms with Gasteiger partial charge in [-0.05, 0) is 51.8 Å². The summed E-state index contributed by atoms with van der Waals surface area (Å²) in [7, 11) is -1.34. The van der Waals surface area contributed by atoms with Crippen molar-refractivity contribution < 1.29 is 18.9 Å². The number of hydrogen-bond donors (Lipinski definition) is 2. The fourth-order valence-electron chi connectivity index (χ4n) is 4.93. The third-order valence-corrected chi connectivity index (χ3v) is 7.79. The Labute approximate surface area is 257 Å². The Hall–Kier alpha value is -4.37. The molecule has 204 valence electrons. The number of hydrogen-bond acceptors (Lipinski definition) is 4. The SMILES string of the molecule is Ic1cccc2c1oc1ccccc12.OB(O)c1ccccc1.c1ccc(-c2cccc3c2oc2ccccc23)cc1. The number of rotatable bonds is 2. The van der Waals surface area contributed by atoms with Crippen LogP contribution in [0, 0.1) is 3.57 Å². The Bertz CT molecular complexity index is 2080. The fourth-order valence-corrected chi connectivity index (χ4v) is 5.54. The van der Waals surface area contributed by atoms with Crippen molar-refractivity contribution in [2.45, 2.75) is 0 Å². The maximum Gasteiger partial charge on any atom is 0.488 e. The zero-order valence-electron chi connectivity index (χ0n) is 22.5. The van der Waals surface area contributed by atoms with Crippen molar-refractivity contribution in [3.8, 4) is 11.1 Å². The fraction of sp³-hybridized carbons (Fsp3) is 0. The highest BCUT2D eigenvalue weighted by atomic mass is 127. The van der Waals surface area contributed by atoms with Crippen molar-refractivity contribution in [1.82, 2.24) is 0 Å². The molecule has 2 aromatic heterocycles. The number of fused-ring (bicyclic) bond motifs is 6. The lowest BCUT2D eigenvalue weighted by Crippen LogP contribution is -2.29. The van der Waals surface area contributed by atoms with E-state index in [2.05, 4.69) is 95.4 Å². The van der Waals surface area contributed by atoms with Crippen molar-refractivity contribution >= 4 is 79.0 Å².